The first-order chi connectivity index (χ1) is 34.7. The minimum Gasteiger partial charge on any atom is -0.311 e. The molecule has 360 valence electrons. The van der Waals surface area contributed by atoms with Crippen molar-refractivity contribution in [3.63, 3.8) is 0 Å². The number of benzene rings is 7. The summed E-state index contributed by atoms with van der Waals surface area (Å²) in [5.74, 6) is 0. The molecule has 71 heavy (non-hydrogen) atoms. The lowest BCUT2D eigenvalue weighted by Crippen LogP contribution is -2.62. The highest BCUT2D eigenvalue weighted by atomic mass is 15.2. The van der Waals surface area contributed by atoms with Crippen LogP contribution in [0.15, 0.2) is 127 Å². The van der Waals surface area contributed by atoms with Gasteiger partial charge in [0.15, 0.2) is 0 Å². The molecule has 0 saturated heterocycles. The van der Waals surface area contributed by atoms with Gasteiger partial charge in [0.25, 0.3) is 6.71 Å². The van der Waals surface area contributed by atoms with Crippen LogP contribution >= 0.6 is 0 Å². The Balaban J connectivity index is 1.25. The summed E-state index contributed by atoms with van der Waals surface area (Å²) in [6, 6.07) is 48.6. The Morgan fingerprint density at radius 3 is 1.38 bits per heavy atom. The minimum atomic E-state index is -2.19. The molecule has 3 aliphatic carbocycles. The Morgan fingerprint density at radius 1 is 0.423 bits per heavy atom. The minimum absolute atomic E-state index is 0.0185. The summed E-state index contributed by atoms with van der Waals surface area (Å²) in [7, 11) is 0. The van der Waals surface area contributed by atoms with E-state index in [9.17, 15) is 0 Å². The van der Waals surface area contributed by atoms with Crippen LogP contribution in [-0.4, -0.2) is 6.71 Å². The van der Waals surface area contributed by atoms with Crippen LogP contribution in [-0.2, 0) is 38.9 Å². The molecule has 0 bridgehead atoms. The smallest absolute Gasteiger partial charge is 0.252 e. The number of fused-ring (bicyclic) bond motifs is 7. The normalized spacial score (nSPS) is 20.6. The van der Waals surface area contributed by atoms with Crippen molar-refractivity contribution in [1.29, 1.82) is 0 Å². The topological polar surface area (TPSA) is 6.48 Å². The molecule has 0 aromatic heterocycles. The maximum absolute atomic E-state index is 8.88. The van der Waals surface area contributed by atoms with Crippen LogP contribution in [0, 0.1) is 6.92 Å². The zero-order valence-electron chi connectivity index (χ0n) is 47.8. The zero-order chi connectivity index (χ0) is 52.4. The first kappa shape index (κ1) is 42.8. The zero-order valence-corrected chi connectivity index (χ0v) is 44.8. The predicted molar refractivity (Wildman–Crippen MR) is 307 cm³/mol. The Hall–Kier alpha value is -5.80. The van der Waals surface area contributed by atoms with E-state index < -0.39 is 6.85 Å². The van der Waals surface area contributed by atoms with E-state index in [1.807, 2.05) is 0 Å². The van der Waals surface area contributed by atoms with Gasteiger partial charge in [-0.25, -0.2) is 0 Å². The van der Waals surface area contributed by atoms with Gasteiger partial charge in [-0.2, -0.15) is 0 Å². The van der Waals surface area contributed by atoms with Crippen molar-refractivity contribution < 1.29 is 4.11 Å². The van der Waals surface area contributed by atoms with E-state index in [0.29, 0.717) is 0 Å². The van der Waals surface area contributed by atoms with Crippen LogP contribution in [0.1, 0.15) is 171 Å². The van der Waals surface area contributed by atoms with E-state index in [-0.39, 0.29) is 45.6 Å². The molecule has 7 aromatic carbocycles. The van der Waals surface area contributed by atoms with Crippen LogP contribution < -0.4 is 26.2 Å². The van der Waals surface area contributed by atoms with E-state index in [0.717, 1.165) is 71.4 Å². The molecule has 0 fully saturated rings. The lowest BCUT2D eigenvalue weighted by atomic mass is 9.32. The largest absolute Gasteiger partial charge is 0.311 e. The first-order valence-corrected chi connectivity index (χ1v) is 26.7. The molecule has 3 heteroatoms. The van der Waals surface area contributed by atoms with Crippen molar-refractivity contribution >= 4 is 57.2 Å². The Labute approximate surface area is 431 Å². The van der Waals surface area contributed by atoms with Crippen molar-refractivity contribution in [3.8, 4) is 22.3 Å². The molecular formula is C68H75BN2. The van der Waals surface area contributed by atoms with E-state index in [1.54, 1.807) is 0 Å². The van der Waals surface area contributed by atoms with E-state index in [1.165, 1.54) is 78.0 Å². The van der Waals surface area contributed by atoms with Gasteiger partial charge in [-0.05, 0) is 198 Å². The maximum Gasteiger partial charge on any atom is 0.252 e. The fourth-order valence-corrected chi connectivity index (χ4v) is 14.5. The standard InChI is InChI=1S/C68H75BN2/c1-15-43-33-60-62-61(34-43)71(57-38-51-48(32-42(57)2)63(3,4)28-30-65(51,7)8)59-39-52-49(64(5,6)29-31-66(52,9)10)36-54(59)69(62)55-37-50-53(68(13,14)41-67(50,11)12)40-58(55)70(60)56-27-26-46(44-22-18-16-19-23-44)35-47(56)45-24-20-17-21-25-45/h16-27,32-40H,15,28-31,41H2,1-14H3/i1D3. The lowest BCUT2D eigenvalue weighted by Gasteiger charge is -2.48. The van der Waals surface area contributed by atoms with Gasteiger partial charge in [-0.1, -0.05) is 175 Å². The van der Waals surface area contributed by atoms with Crippen molar-refractivity contribution in [3.05, 3.63) is 172 Å². The quantitative estimate of drug-likeness (QED) is 0.159. The third-order valence-corrected chi connectivity index (χ3v) is 18.6. The van der Waals surface area contributed by atoms with Crippen molar-refractivity contribution in [2.75, 3.05) is 9.80 Å². The van der Waals surface area contributed by atoms with Gasteiger partial charge in [-0.3, -0.25) is 0 Å². The number of nitrogens with zero attached hydrogens (tertiary/aromatic N) is 2. The molecule has 0 unspecified atom stereocenters. The molecule has 12 rings (SSSR count). The van der Waals surface area contributed by atoms with Crippen LogP contribution in [0.3, 0.4) is 0 Å². The third kappa shape index (κ3) is 6.94. The summed E-state index contributed by atoms with van der Waals surface area (Å²) in [5, 5.41) is 0. The van der Waals surface area contributed by atoms with Gasteiger partial charge in [0, 0.05) is 38.1 Å². The van der Waals surface area contributed by atoms with E-state index >= 15 is 0 Å². The van der Waals surface area contributed by atoms with Gasteiger partial charge < -0.3 is 9.80 Å². The average molecular weight is 934 g/mol. The van der Waals surface area contributed by atoms with Crippen LogP contribution in [0.4, 0.5) is 34.1 Å². The van der Waals surface area contributed by atoms with Gasteiger partial charge in [0.1, 0.15) is 0 Å². The molecule has 5 aliphatic rings. The highest BCUT2D eigenvalue weighted by molar-refractivity contribution is 7.00. The van der Waals surface area contributed by atoms with E-state index in [4.69, 9.17) is 4.11 Å². The van der Waals surface area contributed by atoms with Gasteiger partial charge in [0.05, 0.1) is 5.69 Å². The van der Waals surface area contributed by atoms with Gasteiger partial charge in [0.2, 0.25) is 0 Å². The number of rotatable bonds is 5. The summed E-state index contributed by atoms with van der Waals surface area (Å²) in [6.07, 6.45) is 5.51. The van der Waals surface area contributed by atoms with E-state index in [2.05, 4.69) is 227 Å². The monoisotopic (exact) mass is 934 g/mol. The Bertz CT molecular complexity index is 3470. The maximum atomic E-state index is 8.88. The summed E-state index contributed by atoms with van der Waals surface area (Å²) in [4.78, 5) is 5.17. The van der Waals surface area contributed by atoms with Crippen LogP contribution in [0.5, 0.6) is 0 Å². The summed E-state index contributed by atoms with van der Waals surface area (Å²) in [5.41, 5.74) is 25.8. The third-order valence-electron chi connectivity index (χ3n) is 18.6. The summed E-state index contributed by atoms with van der Waals surface area (Å²) >= 11 is 0. The number of aryl methyl sites for hydroxylation is 2. The van der Waals surface area contributed by atoms with Crippen molar-refractivity contribution in [1.82, 2.24) is 0 Å². The molecule has 0 amide bonds. The van der Waals surface area contributed by atoms with Crippen molar-refractivity contribution in [2.45, 2.75) is 168 Å². The average Bonchev–Trinajstić information content (AvgIpc) is 3.52. The molecule has 2 aliphatic heterocycles. The second-order valence-corrected chi connectivity index (χ2v) is 26.4. The molecular weight excluding hydrogens is 856 g/mol. The fraction of sp³-hybridized carbons (Fsp3) is 0.382. The summed E-state index contributed by atoms with van der Waals surface area (Å²) < 4.78 is 26.6. The Morgan fingerprint density at radius 2 is 0.859 bits per heavy atom. The SMILES string of the molecule is [2H]C([2H])([2H])Cc1cc2c3c(c1)N(c1ccc(-c4ccccc4)cc1-c1ccccc1)c1cc4c(cc1B3c1cc3c(cc1N2c1cc2c(cc1C)C(C)(C)CCC2(C)C)C(C)(C)CCC3(C)C)C(C)(C)CC4(C)C. The second-order valence-electron chi connectivity index (χ2n) is 26.4. The number of hydrogen-bond donors (Lipinski definition) is 0. The molecule has 0 saturated carbocycles. The molecule has 0 radical (unpaired) electrons. The van der Waals surface area contributed by atoms with Crippen LogP contribution in [0.2, 0.25) is 0 Å². The molecule has 2 heterocycles. The molecule has 0 spiro atoms. The fourth-order valence-electron chi connectivity index (χ4n) is 14.5. The Kier molecular flexibility index (Phi) is 9.27. The first-order valence-electron chi connectivity index (χ1n) is 28.2. The lowest BCUT2D eigenvalue weighted by molar-refractivity contribution is 0.331. The second kappa shape index (κ2) is 15.4. The molecule has 0 N–H and O–H groups in total. The highest BCUT2D eigenvalue weighted by Gasteiger charge is 2.50. The van der Waals surface area contributed by atoms with Crippen molar-refractivity contribution in [2.24, 2.45) is 0 Å². The molecule has 7 aromatic rings. The number of anilines is 6. The highest BCUT2D eigenvalue weighted by Crippen LogP contribution is 2.56. The summed E-state index contributed by atoms with van der Waals surface area (Å²) in [6.45, 7) is 29.3. The van der Waals surface area contributed by atoms with Gasteiger partial charge in [-0.15, -0.1) is 0 Å². The van der Waals surface area contributed by atoms with Crippen LogP contribution in [0.25, 0.3) is 22.3 Å². The molecule has 0 atom stereocenters. The molecule has 2 nitrogen and oxygen atoms in total. The van der Waals surface area contributed by atoms with Gasteiger partial charge >= 0.3 is 0 Å². The number of hydrogen-bond acceptors (Lipinski definition) is 2. The predicted octanol–water partition coefficient (Wildman–Crippen LogP) is 16.6.